The summed E-state index contributed by atoms with van der Waals surface area (Å²) in [7, 11) is -2.14. The van der Waals surface area contributed by atoms with Crippen LogP contribution in [0.1, 0.15) is 32.8 Å². The van der Waals surface area contributed by atoms with Crippen LogP contribution in [0.5, 0.6) is 0 Å². The van der Waals surface area contributed by atoms with Gasteiger partial charge in [-0.25, -0.2) is 13.2 Å². The van der Waals surface area contributed by atoms with Crippen LogP contribution in [0.15, 0.2) is 29.2 Å². The number of rotatable bonds is 5. The van der Waals surface area contributed by atoms with E-state index in [0.717, 1.165) is 29.5 Å². The Morgan fingerprint density at radius 3 is 2.45 bits per heavy atom. The van der Waals surface area contributed by atoms with Gasteiger partial charge in [0, 0.05) is 11.1 Å². The smallest absolute Gasteiger partial charge is 0.413 e. The number of hydrogen-bond acceptors (Lipinski definition) is 7. The topological polar surface area (TPSA) is 119 Å². The molecule has 0 atom stereocenters. The van der Waals surface area contributed by atoms with E-state index in [1.807, 2.05) is 0 Å². The number of hydrogen-bond donors (Lipinski definition) is 2. The minimum Gasteiger partial charge on any atom is -0.453 e. The molecule has 1 heterocycles. The second-order valence-corrected chi connectivity index (χ2v) is 9.77. The van der Waals surface area contributed by atoms with Crippen LogP contribution in [0.2, 0.25) is 0 Å². The molecule has 1 aromatic heterocycles. The van der Waals surface area contributed by atoms with E-state index in [1.54, 1.807) is 12.1 Å². The SMILES string of the molecule is COC(=O)NC(=O)c1c(NC(=O)Cc2ccc(S(C)(=O)=O)cc2)sc2c1CCC2. The third-order valence-electron chi connectivity index (χ3n) is 4.52. The lowest BCUT2D eigenvalue weighted by Crippen LogP contribution is -2.31. The van der Waals surface area contributed by atoms with Crippen molar-refractivity contribution in [2.24, 2.45) is 0 Å². The number of alkyl carbamates (subject to hydrolysis) is 1. The molecule has 0 fully saturated rings. The van der Waals surface area contributed by atoms with Crippen LogP contribution in [0.4, 0.5) is 9.80 Å². The number of sulfone groups is 1. The molecule has 2 N–H and O–H groups in total. The summed E-state index contributed by atoms with van der Waals surface area (Å²) in [5.41, 5.74) is 1.79. The van der Waals surface area contributed by atoms with Gasteiger partial charge >= 0.3 is 6.09 Å². The molecule has 1 aliphatic rings. The summed E-state index contributed by atoms with van der Waals surface area (Å²) in [5, 5.41) is 5.29. The molecule has 8 nitrogen and oxygen atoms in total. The number of carbonyl (C=O) groups excluding carboxylic acids is 3. The van der Waals surface area contributed by atoms with Crippen molar-refractivity contribution in [3.63, 3.8) is 0 Å². The largest absolute Gasteiger partial charge is 0.453 e. The van der Waals surface area contributed by atoms with Crippen LogP contribution in [0.3, 0.4) is 0 Å². The molecule has 1 aliphatic carbocycles. The van der Waals surface area contributed by atoms with E-state index in [0.29, 0.717) is 22.5 Å². The lowest BCUT2D eigenvalue weighted by molar-refractivity contribution is -0.115. The Hall–Kier alpha value is -2.72. The number of amides is 3. The number of aryl methyl sites for hydroxylation is 1. The molecular formula is C19H20N2O6S2. The van der Waals surface area contributed by atoms with E-state index in [2.05, 4.69) is 15.4 Å². The number of imide groups is 1. The minimum atomic E-state index is -3.30. The Morgan fingerprint density at radius 1 is 1.14 bits per heavy atom. The van der Waals surface area contributed by atoms with Gasteiger partial charge in [0.15, 0.2) is 9.84 Å². The van der Waals surface area contributed by atoms with Gasteiger partial charge in [0.05, 0.1) is 24.0 Å². The lowest BCUT2D eigenvalue weighted by atomic mass is 10.1. The van der Waals surface area contributed by atoms with Gasteiger partial charge < -0.3 is 10.1 Å². The van der Waals surface area contributed by atoms with Crippen molar-refractivity contribution in [2.75, 3.05) is 18.7 Å². The molecular weight excluding hydrogens is 416 g/mol. The molecule has 3 rings (SSSR count). The first-order valence-electron chi connectivity index (χ1n) is 8.81. The van der Waals surface area contributed by atoms with Crippen molar-refractivity contribution in [3.8, 4) is 0 Å². The average molecular weight is 437 g/mol. The molecule has 0 aliphatic heterocycles. The van der Waals surface area contributed by atoms with Crippen molar-refractivity contribution >= 4 is 44.1 Å². The fourth-order valence-corrected chi connectivity index (χ4v) is 5.08. The summed E-state index contributed by atoms with van der Waals surface area (Å²) in [6.07, 6.45) is 2.72. The summed E-state index contributed by atoms with van der Waals surface area (Å²) in [6, 6.07) is 6.06. The van der Waals surface area contributed by atoms with E-state index < -0.39 is 21.8 Å². The highest BCUT2D eigenvalue weighted by atomic mass is 32.2. The molecule has 0 unspecified atom stereocenters. The maximum Gasteiger partial charge on any atom is 0.413 e. The zero-order valence-corrected chi connectivity index (χ0v) is 17.5. The molecule has 29 heavy (non-hydrogen) atoms. The maximum absolute atomic E-state index is 12.5. The highest BCUT2D eigenvalue weighted by Gasteiger charge is 2.28. The summed E-state index contributed by atoms with van der Waals surface area (Å²) < 4.78 is 27.5. The van der Waals surface area contributed by atoms with E-state index in [9.17, 15) is 22.8 Å². The fourth-order valence-electron chi connectivity index (χ4n) is 3.15. The molecule has 0 saturated carbocycles. The minimum absolute atomic E-state index is 0.0185. The van der Waals surface area contributed by atoms with Gasteiger partial charge in [0.1, 0.15) is 5.00 Å². The normalized spacial score (nSPS) is 12.9. The first-order chi connectivity index (χ1) is 13.7. The lowest BCUT2D eigenvalue weighted by Gasteiger charge is -2.09. The number of benzene rings is 1. The second-order valence-electron chi connectivity index (χ2n) is 6.65. The molecule has 0 radical (unpaired) electrons. The zero-order chi connectivity index (χ0) is 21.2. The molecule has 0 bridgehead atoms. The Balaban J connectivity index is 1.77. The van der Waals surface area contributed by atoms with Gasteiger partial charge in [-0.05, 0) is 42.5 Å². The van der Waals surface area contributed by atoms with Crippen molar-refractivity contribution in [2.45, 2.75) is 30.6 Å². The van der Waals surface area contributed by atoms with Crippen molar-refractivity contribution in [3.05, 3.63) is 45.8 Å². The summed E-state index contributed by atoms with van der Waals surface area (Å²) in [6.45, 7) is 0. The third kappa shape index (κ3) is 4.83. The predicted molar refractivity (Wildman–Crippen MR) is 108 cm³/mol. The Kier molecular flexibility index (Phi) is 6.04. The van der Waals surface area contributed by atoms with E-state index in [4.69, 9.17) is 0 Å². The van der Waals surface area contributed by atoms with Gasteiger partial charge in [0.2, 0.25) is 5.91 Å². The van der Waals surface area contributed by atoms with Gasteiger partial charge in [-0.1, -0.05) is 12.1 Å². The van der Waals surface area contributed by atoms with E-state index >= 15 is 0 Å². The van der Waals surface area contributed by atoms with Gasteiger partial charge in [-0.3, -0.25) is 14.9 Å². The molecule has 154 valence electrons. The standard InChI is InChI=1S/C19H20N2O6S2/c1-27-19(24)21-17(23)16-13-4-3-5-14(13)28-18(16)20-15(22)10-11-6-8-12(9-7-11)29(2,25)26/h6-9H,3-5,10H2,1-2H3,(H,20,22)(H,21,23,24). The van der Waals surface area contributed by atoms with E-state index in [-0.39, 0.29) is 17.2 Å². The first kappa shape index (κ1) is 21.0. The Labute approximate surface area is 172 Å². The number of thiophene rings is 1. The highest BCUT2D eigenvalue weighted by Crippen LogP contribution is 2.39. The quantitative estimate of drug-likeness (QED) is 0.743. The van der Waals surface area contributed by atoms with Gasteiger partial charge in [-0.2, -0.15) is 0 Å². The Bertz CT molecular complexity index is 1070. The van der Waals surface area contributed by atoms with Crippen LogP contribution in [-0.2, 0) is 38.6 Å². The van der Waals surface area contributed by atoms with Crippen molar-refractivity contribution < 1.29 is 27.5 Å². The monoisotopic (exact) mass is 436 g/mol. The van der Waals surface area contributed by atoms with Crippen LogP contribution >= 0.6 is 11.3 Å². The third-order valence-corrected chi connectivity index (χ3v) is 6.85. The summed E-state index contributed by atoms with van der Waals surface area (Å²) >= 11 is 1.33. The number of ether oxygens (including phenoxy) is 1. The van der Waals surface area contributed by atoms with Gasteiger partial charge in [-0.15, -0.1) is 11.3 Å². The second kappa shape index (κ2) is 8.34. The maximum atomic E-state index is 12.5. The average Bonchev–Trinajstić information content (AvgIpc) is 3.21. The molecule has 10 heteroatoms. The first-order valence-corrected chi connectivity index (χ1v) is 11.5. The van der Waals surface area contributed by atoms with Gasteiger partial charge in [0.25, 0.3) is 5.91 Å². The van der Waals surface area contributed by atoms with Crippen molar-refractivity contribution in [1.82, 2.24) is 5.32 Å². The predicted octanol–water partition coefficient (Wildman–Crippen LogP) is 2.32. The number of carbonyl (C=O) groups is 3. The van der Waals surface area contributed by atoms with E-state index in [1.165, 1.54) is 30.6 Å². The highest BCUT2D eigenvalue weighted by molar-refractivity contribution is 7.90. The molecule has 3 amide bonds. The summed E-state index contributed by atoms with van der Waals surface area (Å²) in [4.78, 5) is 37.6. The number of fused-ring (bicyclic) bond motifs is 1. The van der Waals surface area contributed by atoms with Crippen molar-refractivity contribution in [1.29, 1.82) is 0 Å². The van der Waals surface area contributed by atoms with Crippen LogP contribution in [-0.4, -0.2) is 39.7 Å². The summed E-state index contributed by atoms with van der Waals surface area (Å²) in [5.74, 6) is -0.951. The number of nitrogens with one attached hydrogen (secondary N) is 2. The van der Waals surface area contributed by atoms with Crippen LogP contribution in [0, 0.1) is 0 Å². The number of methoxy groups -OCH3 is 1. The fraction of sp³-hybridized carbons (Fsp3) is 0.316. The molecule has 0 spiro atoms. The Morgan fingerprint density at radius 2 is 1.83 bits per heavy atom. The van der Waals surface area contributed by atoms with Crippen LogP contribution in [0.25, 0.3) is 0 Å². The number of anilines is 1. The zero-order valence-electron chi connectivity index (χ0n) is 15.9. The molecule has 0 saturated heterocycles. The molecule has 1 aromatic carbocycles. The van der Waals surface area contributed by atoms with Crippen LogP contribution < -0.4 is 10.6 Å². The molecule has 2 aromatic rings.